The lowest BCUT2D eigenvalue weighted by molar-refractivity contribution is 0.571. The van der Waals surface area contributed by atoms with Crippen molar-refractivity contribution in [1.82, 2.24) is 14.5 Å². The molecule has 0 radical (unpaired) electrons. The summed E-state index contributed by atoms with van der Waals surface area (Å²) >= 11 is 0. The van der Waals surface area contributed by atoms with Crippen LogP contribution in [-0.4, -0.2) is 29.2 Å². The molecule has 6 heteroatoms. The average Bonchev–Trinajstić information content (AvgIpc) is 3.05. The summed E-state index contributed by atoms with van der Waals surface area (Å²) in [5.74, 6) is 0.818. The maximum atomic E-state index is 11.6. The first-order valence-corrected chi connectivity index (χ1v) is 9.63. The number of benzene rings is 1. The standard InChI is InChI=1S/C18H19N3O2S/c1-3-17(14-8-10-19-11-9-14)21-13-12-20-18(21)15-4-6-16(7-5-15)24(2,22)23/h4-13,17H,3H2,1-2H3/t17-/m0/s1. The van der Waals surface area contributed by atoms with Gasteiger partial charge in [-0.1, -0.05) is 6.92 Å². The highest BCUT2D eigenvalue weighted by Gasteiger charge is 2.16. The number of hydrogen-bond donors (Lipinski definition) is 0. The Bertz CT molecular complexity index is 916. The molecule has 0 fully saturated rings. The van der Waals surface area contributed by atoms with E-state index in [-0.39, 0.29) is 6.04 Å². The van der Waals surface area contributed by atoms with E-state index in [0.717, 1.165) is 17.8 Å². The average molecular weight is 341 g/mol. The van der Waals surface area contributed by atoms with E-state index in [9.17, 15) is 8.42 Å². The fourth-order valence-electron chi connectivity index (χ4n) is 2.82. The van der Waals surface area contributed by atoms with E-state index in [1.165, 1.54) is 11.8 Å². The molecule has 0 aliphatic heterocycles. The SMILES string of the molecule is CC[C@@H](c1ccncc1)n1ccnc1-c1ccc(S(C)(=O)=O)cc1. The molecule has 0 spiro atoms. The van der Waals surface area contributed by atoms with Crippen molar-refractivity contribution >= 4 is 9.84 Å². The Morgan fingerprint density at radius 1 is 1.04 bits per heavy atom. The molecule has 0 saturated heterocycles. The Labute approximate surface area is 141 Å². The fraction of sp³-hybridized carbons (Fsp3) is 0.222. The van der Waals surface area contributed by atoms with E-state index in [2.05, 4.69) is 21.5 Å². The molecule has 124 valence electrons. The highest BCUT2D eigenvalue weighted by molar-refractivity contribution is 7.90. The second-order valence-electron chi connectivity index (χ2n) is 5.66. The van der Waals surface area contributed by atoms with E-state index < -0.39 is 9.84 Å². The minimum atomic E-state index is -3.20. The van der Waals surface area contributed by atoms with Gasteiger partial charge in [0.1, 0.15) is 5.82 Å². The number of imidazole rings is 1. The number of pyridine rings is 1. The monoisotopic (exact) mass is 341 g/mol. The van der Waals surface area contributed by atoms with E-state index in [4.69, 9.17) is 0 Å². The van der Waals surface area contributed by atoms with Gasteiger partial charge in [-0.2, -0.15) is 0 Å². The molecular formula is C18H19N3O2S. The molecule has 3 aromatic rings. The minimum absolute atomic E-state index is 0.153. The third kappa shape index (κ3) is 3.23. The zero-order valence-electron chi connectivity index (χ0n) is 13.6. The first kappa shape index (κ1) is 16.4. The van der Waals surface area contributed by atoms with E-state index in [1.54, 1.807) is 42.9 Å². The molecule has 0 saturated carbocycles. The summed E-state index contributed by atoms with van der Waals surface area (Å²) in [5, 5.41) is 0. The lowest BCUT2D eigenvalue weighted by atomic mass is 10.1. The summed E-state index contributed by atoms with van der Waals surface area (Å²) in [6.07, 6.45) is 9.41. The van der Waals surface area contributed by atoms with Crippen LogP contribution in [0.1, 0.15) is 24.9 Å². The molecule has 1 aromatic carbocycles. The minimum Gasteiger partial charge on any atom is -0.324 e. The summed E-state index contributed by atoms with van der Waals surface area (Å²) in [6, 6.07) is 11.0. The summed E-state index contributed by atoms with van der Waals surface area (Å²) in [5.41, 5.74) is 2.06. The van der Waals surface area contributed by atoms with Crippen LogP contribution in [0.15, 0.2) is 66.1 Å². The van der Waals surface area contributed by atoms with Crippen LogP contribution in [0.25, 0.3) is 11.4 Å². The highest BCUT2D eigenvalue weighted by Crippen LogP contribution is 2.28. The van der Waals surface area contributed by atoms with E-state index >= 15 is 0 Å². The van der Waals surface area contributed by atoms with Gasteiger partial charge in [0.05, 0.1) is 10.9 Å². The Morgan fingerprint density at radius 2 is 1.71 bits per heavy atom. The van der Waals surface area contributed by atoms with E-state index in [1.807, 2.05) is 18.3 Å². The van der Waals surface area contributed by atoms with Gasteiger partial charge in [-0.15, -0.1) is 0 Å². The van der Waals surface area contributed by atoms with Crippen LogP contribution in [0, 0.1) is 0 Å². The Morgan fingerprint density at radius 3 is 2.29 bits per heavy atom. The van der Waals surface area contributed by atoms with Crippen LogP contribution in [0.3, 0.4) is 0 Å². The molecular weight excluding hydrogens is 322 g/mol. The van der Waals surface area contributed by atoms with Gasteiger partial charge in [0.15, 0.2) is 9.84 Å². The number of aromatic nitrogens is 3. The van der Waals surface area contributed by atoms with Crippen molar-refractivity contribution in [3.05, 3.63) is 66.7 Å². The molecule has 0 amide bonds. The molecule has 0 unspecified atom stereocenters. The third-order valence-corrected chi connectivity index (χ3v) is 5.15. The molecule has 2 heterocycles. The summed E-state index contributed by atoms with van der Waals surface area (Å²) < 4.78 is 25.3. The first-order chi connectivity index (χ1) is 11.5. The second-order valence-corrected chi connectivity index (χ2v) is 7.67. The molecule has 0 aliphatic carbocycles. The molecule has 0 N–H and O–H groups in total. The van der Waals surface area contributed by atoms with Gasteiger partial charge in [-0.05, 0) is 48.4 Å². The first-order valence-electron chi connectivity index (χ1n) is 7.74. The van der Waals surface area contributed by atoms with Crippen LogP contribution in [-0.2, 0) is 9.84 Å². The Hall–Kier alpha value is -2.47. The van der Waals surface area contributed by atoms with Crippen molar-refractivity contribution in [3.63, 3.8) is 0 Å². The lowest BCUT2D eigenvalue weighted by Gasteiger charge is -2.20. The maximum absolute atomic E-state index is 11.6. The molecule has 1 atom stereocenters. The summed E-state index contributed by atoms with van der Waals surface area (Å²) in [6.45, 7) is 2.13. The van der Waals surface area contributed by atoms with Gasteiger partial charge in [0.2, 0.25) is 0 Å². The Kier molecular flexibility index (Phi) is 4.49. The van der Waals surface area contributed by atoms with Crippen LogP contribution in [0.4, 0.5) is 0 Å². The summed E-state index contributed by atoms with van der Waals surface area (Å²) in [4.78, 5) is 8.86. The topological polar surface area (TPSA) is 64.8 Å². The molecule has 0 bridgehead atoms. The smallest absolute Gasteiger partial charge is 0.175 e. The maximum Gasteiger partial charge on any atom is 0.175 e. The van der Waals surface area contributed by atoms with Crippen molar-refractivity contribution < 1.29 is 8.42 Å². The van der Waals surface area contributed by atoms with Crippen LogP contribution in [0.5, 0.6) is 0 Å². The molecule has 2 aromatic heterocycles. The lowest BCUT2D eigenvalue weighted by Crippen LogP contribution is -2.10. The molecule has 5 nitrogen and oxygen atoms in total. The van der Waals surface area contributed by atoms with Crippen LogP contribution in [0.2, 0.25) is 0 Å². The zero-order chi connectivity index (χ0) is 17.2. The predicted molar refractivity (Wildman–Crippen MR) is 93.4 cm³/mol. The quantitative estimate of drug-likeness (QED) is 0.714. The summed E-state index contributed by atoms with van der Waals surface area (Å²) in [7, 11) is -3.20. The second kappa shape index (κ2) is 6.57. The van der Waals surface area contributed by atoms with Gasteiger partial charge in [0.25, 0.3) is 0 Å². The van der Waals surface area contributed by atoms with Gasteiger partial charge < -0.3 is 4.57 Å². The van der Waals surface area contributed by atoms with Crippen LogP contribution >= 0.6 is 0 Å². The van der Waals surface area contributed by atoms with Gasteiger partial charge >= 0.3 is 0 Å². The van der Waals surface area contributed by atoms with Crippen molar-refractivity contribution in [2.45, 2.75) is 24.3 Å². The third-order valence-electron chi connectivity index (χ3n) is 4.02. The Balaban J connectivity index is 2.01. The molecule has 3 rings (SSSR count). The number of nitrogens with zero attached hydrogens (tertiary/aromatic N) is 3. The van der Waals surface area contributed by atoms with E-state index in [0.29, 0.717) is 4.90 Å². The predicted octanol–water partition coefficient (Wildman–Crippen LogP) is 3.35. The van der Waals surface area contributed by atoms with Gasteiger partial charge in [0, 0.05) is 36.6 Å². The molecule has 24 heavy (non-hydrogen) atoms. The number of rotatable bonds is 5. The fourth-order valence-corrected chi connectivity index (χ4v) is 3.45. The van der Waals surface area contributed by atoms with Crippen LogP contribution < -0.4 is 0 Å². The highest BCUT2D eigenvalue weighted by atomic mass is 32.2. The molecule has 0 aliphatic rings. The largest absolute Gasteiger partial charge is 0.324 e. The van der Waals surface area contributed by atoms with Gasteiger partial charge in [-0.3, -0.25) is 4.98 Å². The number of hydrogen-bond acceptors (Lipinski definition) is 4. The number of sulfone groups is 1. The van der Waals surface area contributed by atoms with Crippen molar-refractivity contribution in [3.8, 4) is 11.4 Å². The van der Waals surface area contributed by atoms with Gasteiger partial charge in [-0.25, -0.2) is 13.4 Å². The van der Waals surface area contributed by atoms with Crippen molar-refractivity contribution in [1.29, 1.82) is 0 Å². The zero-order valence-corrected chi connectivity index (χ0v) is 14.4. The van der Waals surface area contributed by atoms with Crippen molar-refractivity contribution in [2.24, 2.45) is 0 Å². The van der Waals surface area contributed by atoms with Crippen molar-refractivity contribution in [2.75, 3.05) is 6.26 Å². The normalized spacial score (nSPS) is 12.9.